The first kappa shape index (κ1) is 17.2. The fraction of sp³-hybridized carbons (Fsp3) is 0.222. The molecule has 4 nitrogen and oxygen atoms in total. The second-order valence-corrected chi connectivity index (χ2v) is 6.18. The lowest BCUT2D eigenvalue weighted by molar-refractivity contribution is -0.117. The lowest BCUT2D eigenvalue weighted by Crippen LogP contribution is -2.32. The molecule has 0 fully saturated rings. The third-order valence-corrected chi connectivity index (χ3v) is 4.01. The van der Waals surface area contributed by atoms with Gasteiger partial charge in [0.25, 0.3) is 0 Å². The molecule has 2 aromatic carbocycles. The number of benzene rings is 2. The summed E-state index contributed by atoms with van der Waals surface area (Å²) in [6.07, 6.45) is 0.240. The molecule has 0 aliphatic heterocycles. The number of aryl methyl sites for hydroxylation is 1. The Hall–Kier alpha value is -2.14. The average Bonchev–Trinajstić information content (AvgIpc) is 2.51. The summed E-state index contributed by atoms with van der Waals surface area (Å²) in [6.45, 7) is 3.81. The summed E-state index contributed by atoms with van der Waals surface area (Å²) in [5.41, 5.74) is 2.59. The Balaban J connectivity index is 1.99. The smallest absolute Gasteiger partial charge is 0.226 e. The lowest BCUT2D eigenvalue weighted by Gasteiger charge is -2.22. The molecule has 0 radical (unpaired) electrons. The number of amides is 2. The van der Waals surface area contributed by atoms with Crippen LogP contribution < -0.4 is 10.2 Å². The molecule has 0 aliphatic rings. The first-order chi connectivity index (χ1) is 11.0. The van der Waals surface area contributed by atoms with Crippen molar-refractivity contribution in [2.24, 2.45) is 0 Å². The molecule has 1 N–H and O–H groups in total. The topological polar surface area (TPSA) is 49.4 Å². The Labute approximate surface area is 144 Å². The monoisotopic (exact) mass is 374 g/mol. The SMILES string of the molecule is CC(=O)N(CCC(=O)Nc1ccc(Br)cc1)c1ccccc1C. The second-order valence-electron chi connectivity index (χ2n) is 5.26. The number of nitrogens with zero attached hydrogens (tertiary/aromatic N) is 1. The van der Waals surface area contributed by atoms with Crippen molar-refractivity contribution in [2.45, 2.75) is 20.3 Å². The van der Waals surface area contributed by atoms with Crippen molar-refractivity contribution >= 4 is 39.1 Å². The summed E-state index contributed by atoms with van der Waals surface area (Å²) < 4.78 is 0.956. The van der Waals surface area contributed by atoms with Crippen molar-refractivity contribution in [1.29, 1.82) is 0 Å². The molecule has 120 valence electrons. The van der Waals surface area contributed by atoms with Gasteiger partial charge in [0, 0.05) is 35.7 Å². The van der Waals surface area contributed by atoms with Crippen LogP contribution in [-0.2, 0) is 9.59 Å². The minimum absolute atomic E-state index is 0.0734. The van der Waals surface area contributed by atoms with Crippen LogP contribution in [0.4, 0.5) is 11.4 Å². The van der Waals surface area contributed by atoms with Gasteiger partial charge in [0.15, 0.2) is 0 Å². The molecule has 0 unspecified atom stereocenters. The normalized spacial score (nSPS) is 10.2. The number of hydrogen-bond donors (Lipinski definition) is 1. The maximum atomic E-state index is 12.1. The molecule has 0 aliphatic carbocycles. The molecule has 5 heteroatoms. The Morgan fingerprint density at radius 1 is 1.09 bits per heavy atom. The molecule has 0 saturated carbocycles. The van der Waals surface area contributed by atoms with E-state index >= 15 is 0 Å². The van der Waals surface area contributed by atoms with E-state index in [1.165, 1.54) is 6.92 Å². The van der Waals surface area contributed by atoms with E-state index < -0.39 is 0 Å². The summed E-state index contributed by atoms with van der Waals surface area (Å²) in [6, 6.07) is 15.0. The zero-order valence-corrected chi connectivity index (χ0v) is 14.8. The van der Waals surface area contributed by atoms with Crippen molar-refractivity contribution in [2.75, 3.05) is 16.8 Å². The Bertz CT molecular complexity index is 698. The summed E-state index contributed by atoms with van der Waals surface area (Å²) in [5.74, 6) is -0.192. The highest BCUT2D eigenvalue weighted by Gasteiger charge is 2.15. The maximum Gasteiger partial charge on any atom is 0.226 e. The van der Waals surface area contributed by atoms with Crippen LogP contribution in [0.25, 0.3) is 0 Å². The fourth-order valence-corrected chi connectivity index (χ4v) is 2.55. The second kappa shape index (κ2) is 7.92. The number of carbonyl (C=O) groups excluding carboxylic acids is 2. The third-order valence-electron chi connectivity index (χ3n) is 3.48. The number of halogens is 1. The first-order valence-electron chi connectivity index (χ1n) is 7.36. The van der Waals surface area contributed by atoms with Gasteiger partial charge in [0.2, 0.25) is 11.8 Å². The number of para-hydroxylation sites is 1. The van der Waals surface area contributed by atoms with E-state index in [-0.39, 0.29) is 18.2 Å². The highest BCUT2D eigenvalue weighted by molar-refractivity contribution is 9.10. The van der Waals surface area contributed by atoms with Gasteiger partial charge >= 0.3 is 0 Å². The van der Waals surface area contributed by atoms with Gasteiger partial charge in [-0.3, -0.25) is 9.59 Å². The Morgan fingerprint density at radius 2 is 1.74 bits per heavy atom. The van der Waals surface area contributed by atoms with Crippen molar-refractivity contribution in [1.82, 2.24) is 0 Å². The van der Waals surface area contributed by atoms with Gasteiger partial charge < -0.3 is 10.2 Å². The van der Waals surface area contributed by atoms with Gasteiger partial charge in [-0.25, -0.2) is 0 Å². The van der Waals surface area contributed by atoms with E-state index in [0.717, 1.165) is 21.4 Å². The van der Waals surface area contributed by atoms with Crippen molar-refractivity contribution in [3.05, 3.63) is 58.6 Å². The van der Waals surface area contributed by atoms with E-state index in [2.05, 4.69) is 21.2 Å². The largest absolute Gasteiger partial charge is 0.326 e. The number of nitrogens with one attached hydrogen (secondary N) is 1. The van der Waals surface area contributed by atoms with Crippen LogP contribution in [0.2, 0.25) is 0 Å². The van der Waals surface area contributed by atoms with Gasteiger partial charge in [0.05, 0.1) is 0 Å². The zero-order chi connectivity index (χ0) is 16.8. The Kier molecular flexibility index (Phi) is 5.93. The first-order valence-corrected chi connectivity index (χ1v) is 8.16. The van der Waals surface area contributed by atoms with E-state index in [1.54, 1.807) is 4.90 Å². The van der Waals surface area contributed by atoms with Crippen molar-refractivity contribution in [3.8, 4) is 0 Å². The molecular formula is C18H19BrN2O2. The zero-order valence-electron chi connectivity index (χ0n) is 13.2. The van der Waals surface area contributed by atoms with Crippen molar-refractivity contribution in [3.63, 3.8) is 0 Å². The molecule has 0 saturated heterocycles. The van der Waals surface area contributed by atoms with Crippen LogP contribution in [0.5, 0.6) is 0 Å². The highest BCUT2D eigenvalue weighted by Crippen LogP contribution is 2.20. The number of carbonyl (C=O) groups is 2. The molecule has 0 spiro atoms. The van der Waals surface area contributed by atoms with E-state index in [9.17, 15) is 9.59 Å². The molecule has 0 aromatic heterocycles. The van der Waals surface area contributed by atoms with Crippen LogP contribution >= 0.6 is 15.9 Å². The minimum Gasteiger partial charge on any atom is -0.326 e. The predicted octanol–water partition coefficient (Wildman–Crippen LogP) is 4.14. The van der Waals surface area contributed by atoms with Gasteiger partial charge in [-0.1, -0.05) is 34.1 Å². The average molecular weight is 375 g/mol. The number of hydrogen-bond acceptors (Lipinski definition) is 2. The van der Waals surface area contributed by atoms with Gasteiger partial charge in [-0.15, -0.1) is 0 Å². The molecule has 2 amide bonds. The predicted molar refractivity (Wildman–Crippen MR) is 96.6 cm³/mol. The van der Waals surface area contributed by atoms with Crippen LogP contribution in [0.15, 0.2) is 53.0 Å². The number of anilines is 2. The summed E-state index contributed by atoms with van der Waals surface area (Å²) in [4.78, 5) is 25.6. The van der Waals surface area contributed by atoms with E-state index in [1.807, 2.05) is 55.5 Å². The molecule has 2 rings (SSSR count). The minimum atomic E-state index is -0.118. The van der Waals surface area contributed by atoms with Gasteiger partial charge in [-0.2, -0.15) is 0 Å². The maximum absolute atomic E-state index is 12.1. The Morgan fingerprint density at radius 3 is 2.35 bits per heavy atom. The third kappa shape index (κ3) is 4.93. The van der Waals surface area contributed by atoms with Crippen LogP contribution in [0.3, 0.4) is 0 Å². The molecule has 0 heterocycles. The molecule has 0 atom stereocenters. The quantitative estimate of drug-likeness (QED) is 0.854. The van der Waals surface area contributed by atoms with Crippen LogP contribution in [0, 0.1) is 6.92 Å². The molecular weight excluding hydrogens is 356 g/mol. The van der Waals surface area contributed by atoms with E-state index in [4.69, 9.17) is 0 Å². The standard InChI is InChI=1S/C18H19BrN2O2/c1-13-5-3-4-6-17(13)21(14(2)22)12-11-18(23)20-16-9-7-15(19)8-10-16/h3-10H,11-12H2,1-2H3,(H,20,23). The fourth-order valence-electron chi connectivity index (χ4n) is 2.28. The highest BCUT2D eigenvalue weighted by atomic mass is 79.9. The number of rotatable bonds is 5. The van der Waals surface area contributed by atoms with Gasteiger partial charge in [0.1, 0.15) is 0 Å². The van der Waals surface area contributed by atoms with Crippen molar-refractivity contribution < 1.29 is 9.59 Å². The summed E-state index contributed by atoms with van der Waals surface area (Å²) in [7, 11) is 0. The molecule has 2 aromatic rings. The van der Waals surface area contributed by atoms with Crippen LogP contribution in [0.1, 0.15) is 18.9 Å². The van der Waals surface area contributed by atoms with Crippen LogP contribution in [-0.4, -0.2) is 18.4 Å². The molecule has 0 bridgehead atoms. The lowest BCUT2D eigenvalue weighted by atomic mass is 10.1. The van der Waals surface area contributed by atoms with E-state index in [0.29, 0.717) is 6.54 Å². The summed E-state index contributed by atoms with van der Waals surface area (Å²) in [5, 5.41) is 2.83. The summed E-state index contributed by atoms with van der Waals surface area (Å²) >= 11 is 3.35. The molecule has 23 heavy (non-hydrogen) atoms. The van der Waals surface area contributed by atoms with Gasteiger partial charge in [-0.05, 0) is 42.8 Å².